The Kier molecular flexibility index (Phi) is 5.31. The lowest BCUT2D eigenvalue weighted by atomic mass is 10.2. The zero-order valence-electron chi connectivity index (χ0n) is 15.1. The van der Waals surface area contributed by atoms with Crippen LogP contribution in [-0.4, -0.2) is 23.3 Å². The molecule has 0 saturated heterocycles. The average molecular weight is 411 g/mol. The lowest BCUT2D eigenvalue weighted by molar-refractivity contribution is -0.142. The number of carbonyl (C=O) groups is 2. The Morgan fingerprint density at radius 3 is 2.66 bits per heavy atom. The summed E-state index contributed by atoms with van der Waals surface area (Å²) in [4.78, 5) is 28.6. The molecule has 1 aliphatic rings. The van der Waals surface area contributed by atoms with Crippen molar-refractivity contribution in [2.24, 2.45) is 0 Å². The first-order valence-electron chi connectivity index (χ1n) is 8.70. The van der Waals surface area contributed by atoms with Crippen molar-refractivity contribution in [3.8, 4) is 11.3 Å². The van der Waals surface area contributed by atoms with Gasteiger partial charge in [-0.25, -0.2) is 9.78 Å². The molecular weight excluding hydrogens is 396 g/mol. The van der Waals surface area contributed by atoms with Gasteiger partial charge in [0.25, 0.3) is 0 Å². The number of hydrogen-bond donors (Lipinski definition) is 1. The van der Waals surface area contributed by atoms with Crippen LogP contribution in [0.2, 0.25) is 5.02 Å². The predicted molar refractivity (Wildman–Crippen MR) is 105 cm³/mol. The first-order chi connectivity index (χ1) is 14.1. The van der Waals surface area contributed by atoms with Crippen molar-refractivity contribution in [2.45, 2.75) is 6.61 Å². The Labute approximate surface area is 170 Å². The van der Waals surface area contributed by atoms with E-state index in [1.807, 2.05) is 18.2 Å². The van der Waals surface area contributed by atoms with Crippen LogP contribution in [0.4, 0.5) is 5.69 Å². The molecule has 0 aliphatic carbocycles. The molecule has 8 heteroatoms. The summed E-state index contributed by atoms with van der Waals surface area (Å²) in [5.74, 6) is -0.480. The van der Waals surface area contributed by atoms with Crippen molar-refractivity contribution < 1.29 is 23.5 Å². The maximum atomic E-state index is 12.4. The highest BCUT2D eigenvalue weighted by atomic mass is 35.5. The van der Waals surface area contributed by atoms with Crippen LogP contribution in [0.3, 0.4) is 0 Å². The van der Waals surface area contributed by atoms with E-state index in [1.54, 1.807) is 36.4 Å². The number of Topliss-reactive ketones (excluding diaryl/α,β-unsaturated/α-hetero) is 1. The van der Waals surface area contributed by atoms with Crippen LogP contribution in [0.5, 0.6) is 0 Å². The van der Waals surface area contributed by atoms with Crippen molar-refractivity contribution in [3.05, 3.63) is 83.2 Å². The number of nitrogens with one attached hydrogen (secondary N) is 1. The third-order valence-electron chi connectivity index (χ3n) is 4.10. The Bertz CT molecular complexity index is 1070. The van der Waals surface area contributed by atoms with E-state index in [9.17, 15) is 9.59 Å². The first kappa shape index (κ1) is 18.8. The molecule has 2 heterocycles. The van der Waals surface area contributed by atoms with Crippen molar-refractivity contribution in [1.29, 1.82) is 0 Å². The largest absolute Gasteiger partial charge is 0.470 e. The number of esters is 1. The second kappa shape index (κ2) is 8.20. The molecule has 0 spiro atoms. The van der Waals surface area contributed by atoms with Gasteiger partial charge in [0.15, 0.2) is 24.5 Å². The minimum atomic E-state index is -0.808. The number of nitrogens with zero attached hydrogens (tertiary/aromatic N) is 1. The second-order valence-electron chi connectivity index (χ2n) is 6.11. The topological polar surface area (TPSA) is 90.7 Å². The normalized spacial score (nSPS) is 13.3. The third-order valence-corrected chi connectivity index (χ3v) is 4.35. The fraction of sp³-hybridized carbons (Fsp3) is 0.0952. The van der Waals surface area contributed by atoms with Crippen molar-refractivity contribution in [2.75, 3.05) is 11.9 Å². The number of rotatable bonds is 6. The molecular formula is C21H15ClN2O5. The Balaban J connectivity index is 1.44. The summed E-state index contributed by atoms with van der Waals surface area (Å²) in [6.45, 7) is -0.443. The van der Waals surface area contributed by atoms with Crippen LogP contribution < -0.4 is 5.32 Å². The van der Waals surface area contributed by atoms with E-state index in [1.165, 1.54) is 6.20 Å². The molecule has 0 bridgehead atoms. The van der Waals surface area contributed by atoms with Gasteiger partial charge < -0.3 is 19.2 Å². The van der Waals surface area contributed by atoms with Crippen LogP contribution in [0.15, 0.2) is 76.7 Å². The van der Waals surface area contributed by atoms with E-state index in [2.05, 4.69) is 10.3 Å². The van der Waals surface area contributed by atoms with Gasteiger partial charge in [-0.05, 0) is 36.4 Å². The number of oxazole rings is 1. The maximum Gasteiger partial charge on any atom is 0.347 e. The molecule has 1 aromatic heterocycles. The van der Waals surface area contributed by atoms with Gasteiger partial charge in [-0.2, -0.15) is 0 Å². The summed E-state index contributed by atoms with van der Waals surface area (Å²) in [5, 5.41) is 3.53. The number of hydrogen-bond acceptors (Lipinski definition) is 7. The van der Waals surface area contributed by atoms with Crippen LogP contribution in [0, 0.1) is 0 Å². The molecule has 0 amide bonds. The highest BCUT2D eigenvalue weighted by molar-refractivity contribution is 6.30. The van der Waals surface area contributed by atoms with Gasteiger partial charge in [-0.15, -0.1) is 0 Å². The summed E-state index contributed by atoms with van der Waals surface area (Å²) < 4.78 is 16.1. The van der Waals surface area contributed by atoms with Crippen LogP contribution >= 0.6 is 11.6 Å². The molecule has 7 nitrogen and oxygen atoms in total. The minimum Gasteiger partial charge on any atom is -0.470 e. The van der Waals surface area contributed by atoms with Gasteiger partial charge in [-0.3, -0.25) is 4.79 Å². The number of para-hydroxylation sites is 1. The highest BCUT2D eigenvalue weighted by Crippen LogP contribution is 2.24. The molecule has 146 valence electrons. The van der Waals surface area contributed by atoms with E-state index in [0.717, 1.165) is 5.56 Å². The molecule has 1 aliphatic heterocycles. The average Bonchev–Trinajstić information content (AvgIpc) is 3.34. The van der Waals surface area contributed by atoms with E-state index < -0.39 is 11.8 Å². The SMILES string of the molecule is O=C1COC(Nc2ccccc2)=C1C(=O)OCc1ncc(-c2ccc(Cl)cc2)o1. The van der Waals surface area contributed by atoms with Gasteiger partial charge in [0.1, 0.15) is 0 Å². The molecule has 3 aromatic rings. The van der Waals surface area contributed by atoms with Gasteiger partial charge in [-0.1, -0.05) is 29.8 Å². The van der Waals surface area contributed by atoms with Crippen LogP contribution in [-0.2, 0) is 25.7 Å². The maximum absolute atomic E-state index is 12.4. The van der Waals surface area contributed by atoms with Gasteiger partial charge in [0.2, 0.25) is 17.6 Å². The molecule has 2 aromatic carbocycles. The lowest BCUT2D eigenvalue weighted by Crippen LogP contribution is -2.16. The highest BCUT2D eigenvalue weighted by Gasteiger charge is 2.32. The lowest BCUT2D eigenvalue weighted by Gasteiger charge is -2.08. The zero-order valence-corrected chi connectivity index (χ0v) is 15.8. The van der Waals surface area contributed by atoms with E-state index in [4.69, 9.17) is 25.5 Å². The Morgan fingerprint density at radius 1 is 1.14 bits per heavy atom. The number of halogens is 1. The molecule has 4 rings (SSSR count). The minimum absolute atomic E-state index is 0.0699. The Morgan fingerprint density at radius 2 is 1.90 bits per heavy atom. The Hall–Kier alpha value is -3.58. The summed E-state index contributed by atoms with van der Waals surface area (Å²) in [7, 11) is 0. The summed E-state index contributed by atoms with van der Waals surface area (Å²) in [5.41, 5.74) is 1.30. The fourth-order valence-electron chi connectivity index (χ4n) is 2.69. The van der Waals surface area contributed by atoms with Crippen molar-refractivity contribution >= 4 is 29.0 Å². The third kappa shape index (κ3) is 4.30. The molecule has 0 atom stereocenters. The monoisotopic (exact) mass is 410 g/mol. The molecule has 1 N–H and O–H groups in total. The van der Waals surface area contributed by atoms with Gasteiger partial charge in [0.05, 0.1) is 6.20 Å². The number of aromatic nitrogens is 1. The van der Waals surface area contributed by atoms with Crippen molar-refractivity contribution in [1.82, 2.24) is 4.98 Å². The molecule has 29 heavy (non-hydrogen) atoms. The standard InChI is InChI=1S/C21H15ClN2O5/c22-14-8-6-13(7-9-14)17-10-23-18(29-17)12-28-21(26)19-16(25)11-27-20(19)24-15-4-2-1-3-5-15/h1-10,24H,11-12H2. The van der Waals surface area contributed by atoms with E-state index >= 15 is 0 Å². The zero-order chi connectivity index (χ0) is 20.2. The number of anilines is 1. The van der Waals surface area contributed by atoms with Crippen LogP contribution in [0.25, 0.3) is 11.3 Å². The smallest absolute Gasteiger partial charge is 0.347 e. The molecule has 0 fully saturated rings. The van der Waals surface area contributed by atoms with E-state index in [-0.39, 0.29) is 30.6 Å². The second-order valence-corrected chi connectivity index (χ2v) is 6.54. The fourth-order valence-corrected chi connectivity index (χ4v) is 2.82. The summed E-state index contributed by atoms with van der Waals surface area (Å²) in [6, 6.07) is 16.1. The van der Waals surface area contributed by atoms with Gasteiger partial charge in [0, 0.05) is 16.3 Å². The van der Waals surface area contributed by atoms with Crippen molar-refractivity contribution in [3.63, 3.8) is 0 Å². The first-order valence-corrected chi connectivity index (χ1v) is 9.08. The van der Waals surface area contributed by atoms with Crippen LogP contribution in [0.1, 0.15) is 5.89 Å². The number of ether oxygens (including phenoxy) is 2. The molecule has 0 unspecified atom stereocenters. The summed E-state index contributed by atoms with van der Waals surface area (Å²) >= 11 is 5.87. The molecule has 0 radical (unpaired) electrons. The quantitative estimate of drug-likeness (QED) is 0.485. The summed E-state index contributed by atoms with van der Waals surface area (Å²) in [6.07, 6.45) is 1.53. The molecule has 0 saturated carbocycles. The van der Waals surface area contributed by atoms with Gasteiger partial charge >= 0.3 is 5.97 Å². The number of benzene rings is 2. The van der Waals surface area contributed by atoms with E-state index in [0.29, 0.717) is 16.5 Å². The number of ketones is 1. The number of carbonyl (C=O) groups excluding carboxylic acids is 2. The predicted octanol–water partition coefficient (Wildman–Crippen LogP) is 3.96.